The Hall–Kier alpha value is -2.55. The second-order valence-electron chi connectivity index (χ2n) is 4.21. The van der Waals surface area contributed by atoms with Crippen LogP contribution in [0.2, 0.25) is 0 Å². The zero-order valence-electron chi connectivity index (χ0n) is 10.5. The molecule has 0 radical (unpaired) electrons. The van der Waals surface area contributed by atoms with Gasteiger partial charge < -0.3 is 4.52 Å². The third-order valence-electron chi connectivity index (χ3n) is 2.93. The van der Waals surface area contributed by atoms with Crippen LogP contribution in [-0.2, 0) is 6.54 Å². The quantitative estimate of drug-likeness (QED) is 0.566. The van der Waals surface area contributed by atoms with Crippen molar-refractivity contribution in [3.05, 3.63) is 36.3 Å². The Kier molecular flexibility index (Phi) is 2.39. The van der Waals surface area contributed by atoms with Crippen LogP contribution in [0.15, 0.2) is 29.3 Å². The second-order valence-corrected chi connectivity index (χ2v) is 5.19. The van der Waals surface area contributed by atoms with Crippen LogP contribution in [0.5, 0.6) is 0 Å². The zero-order valence-corrected chi connectivity index (χ0v) is 11.3. The summed E-state index contributed by atoms with van der Waals surface area (Å²) in [4.78, 5) is 10.5. The van der Waals surface area contributed by atoms with Gasteiger partial charge in [-0.25, -0.2) is 9.67 Å². The molecule has 0 amide bonds. The van der Waals surface area contributed by atoms with E-state index in [0.29, 0.717) is 18.3 Å². The highest BCUT2D eigenvalue weighted by molar-refractivity contribution is 7.20. The van der Waals surface area contributed by atoms with Crippen molar-refractivity contribution in [3.8, 4) is 10.8 Å². The van der Waals surface area contributed by atoms with E-state index >= 15 is 0 Å². The Morgan fingerprint density at radius 3 is 3.05 bits per heavy atom. The van der Waals surface area contributed by atoms with Crippen LogP contribution in [0.4, 0.5) is 0 Å². The summed E-state index contributed by atoms with van der Waals surface area (Å²) in [6.07, 6.45) is 7.05. The normalized spacial score (nSPS) is 11.4. The Balaban J connectivity index is 1.70. The fraction of sp³-hybridized carbons (Fsp3) is 0.182. The number of hydrogen-bond donors (Lipinski definition) is 0. The first kappa shape index (κ1) is 11.3. The molecule has 0 saturated carbocycles. The summed E-state index contributed by atoms with van der Waals surface area (Å²) in [7, 11) is 0. The van der Waals surface area contributed by atoms with Crippen LogP contribution < -0.4 is 0 Å². The molecule has 0 atom stereocenters. The van der Waals surface area contributed by atoms with Gasteiger partial charge in [-0.2, -0.15) is 4.98 Å². The molecule has 0 N–H and O–H groups in total. The van der Waals surface area contributed by atoms with E-state index in [2.05, 4.69) is 25.4 Å². The minimum atomic E-state index is 0.436. The molecule has 8 nitrogen and oxygen atoms in total. The number of imidazole rings is 1. The van der Waals surface area contributed by atoms with Gasteiger partial charge in [0.2, 0.25) is 0 Å². The molecular weight excluding hydrogens is 278 g/mol. The average molecular weight is 287 g/mol. The molecule has 0 bridgehead atoms. The van der Waals surface area contributed by atoms with Crippen molar-refractivity contribution in [2.24, 2.45) is 0 Å². The Labute approximate surface area is 116 Å². The third kappa shape index (κ3) is 1.71. The monoisotopic (exact) mass is 287 g/mol. The van der Waals surface area contributed by atoms with Crippen molar-refractivity contribution in [1.82, 2.24) is 34.5 Å². The first-order valence-corrected chi connectivity index (χ1v) is 6.72. The highest BCUT2D eigenvalue weighted by Gasteiger charge is 2.17. The van der Waals surface area contributed by atoms with E-state index in [1.54, 1.807) is 23.3 Å². The summed E-state index contributed by atoms with van der Waals surface area (Å²) in [6.45, 7) is 2.44. The smallest absolute Gasteiger partial charge is 0.269 e. The Bertz CT molecular complexity index is 857. The minimum Gasteiger partial charge on any atom is -0.333 e. The molecule has 100 valence electrons. The summed E-state index contributed by atoms with van der Waals surface area (Å²) < 4.78 is 8.97. The molecule has 0 fully saturated rings. The minimum absolute atomic E-state index is 0.436. The van der Waals surface area contributed by atoms with Gasteiger partial charge in [0, 0.05) is 24.3 Å². The van der Waals surface area contributed by atoms with Crippen molar-refractivity contribution < 1.29 is 4.52 Å². The number of fused-ring (bicyclic) bond motifs is 1. The maximum Gasteiger partial charge on any atom is 0.269 e. The lowest BCUT2D eigenvalue weighted by molar-refractivity contribution is 0.418. The Morgan fingerprint density at radius 2 is 2.25 bits per heavy atom. The van der Waals surface area contributed by atoms with Gasteiger partial charge in [0.15, 0.2) is 10.8 Å². The molecule has 4 aromatic heterocycles. The first-order valence-electron chi connectivity index (χ1n) is 5.91. The third-order valence-corrected chi connectivity index (χ3v) is 4.09. The van der Waals surface area contributed by atoms with Gasteiger partial charge in [-0.15, -0.1) is 5.10 Å². The molecule has 4 rings (SSSR count). The lowest BCUT2D eigenvalue weighted by atomic mass is 10.4. The van der Waals surface area contributed by atoms with Crippen molar-refractivity contribution in [2.45, 2.75) is 13.5 Å². The van der Waals surface area contributed by atoms with Crippen LogP contribution in [0.3, 0.4) is 0 Å². The number of thiazole rings is 1. The molecule has 4 heterocycles. The summed E-state index contributed by atoms with van der Waals surface area (Å²) >= 11 is 1.53. The van der Waals surface area contributed by atoms with Crippen LogP contribution in [0.1, 0.15) is 11.5 Å². The van der Waals surface area contributed by atoms with E-state index in [4.69, 9.17) is 4.52 Å². The fourth-order valence-electron chi connectivity index (χ4n) is 1.97. The van der Waals surface area contributed by atoms with Gasteiger partial charge >= 0.3 is 0 Å². The second kappa shape index (κ2) is 4.23. The lowest BCUT2D eigenvalue weighted by Gasteiger charge is -1.92. The number of rotatable bonds is 3. The topological polar surface area (TPSA) is 86.9 Å². The maximum atomic E-state index is 5.33. The van der Waals surface area contributed by atoms with Crippen molar-refractivity contribution >= 4 is 16.3 Å². The number of nitrogens with zero attached hydrogens (tertiary/aromatic N) is 7. The van der Waals surface area contributed by atoms with Gasteiger partial charge in [0.05, 0.1) is 6.20 Å². The van der Waals surface area contributed by atoms with E-state index in [1.165, 1.54) is 11.3 Å². The zero-order chi connectivity index (χ0) is 13.5. The van der Waals surface area contributed by atoms with Crippen molar-refractivity contribution in [2.75, 3.05) is 0 Å². The predicted octanol–water partition coefficient (Wildman–Crippen LogP) is 1.39. The standard InChI is InChI=1S/C11H9N7OS/c1-7-9(20-11-12-2-5-18(7)11)10-14-8(15-19-10)6-17-4-3-13-16-17/h2-5H,6H2,1H3. The van der Waals surface area contributed by atoms with Gasteiger partial charge in [-0.3, -0.25) is 4.40 Å². The van der Waals surface area contributed by atoms with Gasteiger partial charge in [0.1, 0.15) is 11.4 Å². The molecule has 0 aliphatic rings. The molecule has 0 aliphatic carbocycles. The molecule has 9 heteroatoms. The molecule has 20 heavy (non-hydrogen) atoms. The van der Waals surface area contributed by atoms with Crippen molar-refractivity contribution in [3.63, 3.8) is 0 Å². The van der Waals surface area contributed by atoms with Gasteiger partial charge in [-0.05, 0) is 6.92 Å². The predicted molar refractivity (Wildman–Crippen MR) is 70.2 cm³/mol. The van der Waals surface area contributed by atoms with E-state index in [-0.39, 0.29) is 0 Å². The molecule has 4 aromatic rings. The molecule has 0 saturated heterocycles. The summed E-state index contributed by atoms with van der Waals surface area (Å²) in [5.41, 5.74) is 1.04. The SMILES string of the molecule is Cc1c(-c2nc(Cn3ccnn3)no2)sc2nccn12. The van der Waals surface area contributed by atoms with E-state index in [1.807, 2.05) is 17.5 Å². The van der Waals surface area contributed by atoms with Crippen LogP contribution in [-0.4, -0.2) is 34.5 Å². The van der Waals surface area contributed by atoms with Gasteiger partial charge in [0.25, 0.3) is 5.89 Å². The fourth-order valence-corrected chi connectivity index (χ4v) is 2.97. The van der Waals surface area contributed by atoms with Crippen LogP contribution >= 0.6 is 11.3 Å². The summed E-state index contributed by atoms with van der Waals surface area (Å²) in [5, 5.41) is 11.6. The first-order chi connectivity index (χ1) is 9.81. The summed E-state index contributed by atoms with van der Waals surface area (Å²) in [6, 6.07) is 0. The molecule has 0 spiro atoms. The van der Waals surface area contributed by atoms with E-state index in [9.17, 15) is 0 Å². The maximum absolute atomic E-state index is 5.33. The number of aromatic nitrogens is 7. The lowest BCUT2D eigenvalue weighted by Crippen LogP contribution is -2.02. The number of aryl methyl sites for hydroxylation is 1. The van der Waals surface area contributed by atoms with Crippen molar-refractivity contribution in [1.29, 1.82) is 0 Å². The molecule has 0 aliphatic heterocycles. The molecule has 0 aromatic carbocycles. The Morgan fingerprint density at radius 1 is 1.30 bits per heavy atom. The highest BCUT2D eigenvalue weighted by atomic mass is 32.1. The van der Waals surface area contributed by atoms with E-state index in [0.717, 1.165) is 15.5 Å². The molecular formula is C11H9N7OS. The highest BCUT2D eigenvalue weighted by Crippen LogP contribution is 2.30. The average Bonchev–Trinajstić information content (AvgIpc) is 3.17. The van der Waals surface area contributed by atoms with Gasteiger partial charge in [-0.1, -0.05) is 21.7 Å². The number of hydrogen-bond acceptors (Lipinski definition) is 7. The van der Waals surface area contributed by atoms with E-state index < -0.39 is 0 Å². The van der Waals surface area contributed by atoms with Crippen LogP contribution in [0, 0.1) is 6.92 Å². The van der Waals surface area contributed by atoms with Crippen LogP contribution in [0.25, 0.3) is 15.7 Å². The largest absolute Gasteiger partial charge is 0.333 e. The summed E-state index contributed by atoms with van der Waals surface area (Å²) in [5.74, 6) is 1.07. The molecule has 0 unspecified atom stereocenters.